The number of nitro benzene ring substituents is 1. The number of aromatic hydroxyl groups is 1. The first kappa shape index (κ1) is 11.0. The van der Waals surface area contributed by atoms with Gasteiger partial charge in [0.05, 0.1) is 18.1 Å². The smallest absolute Gasteiger partial charge is 0.276 e. The van der Waals surface area contributed by atoms with Crippen LogP contribution in [0.2, 0.25) is 0 Å². The van der Waals surface area contributed by atoms with E-state index in [4.69, 9.17) is 4.74 Å². The summed E-state index contributed by atoms with van der Waals surface area (Å²) in [5.41, 5.74) is 0.331. The fourth-order valence-electron chi connectivity index (χ4n) is 1.25. The third-order valence-corrected chi connectivity index (χ3v) is 1.94. The highest BCUT2D eigenvalue weighted by Gasteiger charge is 2.17. The van der Waals surface area contributed by atoms with Crippen LogP contribution < -0.4 is 4.74 Å². The summed E-state index contributed by atoms with van der Waals surface area (Å²) in [6.07, 6.45) is 1.91. The molecular weight excluding hydrogens is 198 g/mol. The van der Waals surface area contributed by atoms with Crippen molar-refractivity contribution in [2.45, 2.75) is 6.42 Å². The third-order valence-electron chi connectivity index (χ3n) is 1.94. The van der Waals surface area contributed by atoms with E-state index >= 15 is 0 Å². The maximum Gasteiger partial charge on any atom is 0.276 e. The molecule has 0 aliphatic carbocycles. The number of hydrogen-bond donors (Lipinski definition) is 1. The molecule has 0 fully saturated rings. The van der Waals surface area contributed by atoms with Crippen molar-refractivity contribution < 1.29 is 14.8 Å². The maximum absolute atomic E-state index is 10.7. The second kappa shape index (κ2) is 4.45. The van der Waals surface area contributed by atoms with Crippen molar-refractivity contribution in [3.63, 3.8) is 0 Å². The van der Waals surface area contributed by atoms with Crippen molar-refractivity contribution in [1.29, 1.82) is 0 Å². The molecule has 1 N–H and O–H groups in total. The Bertz CT molecular complexity index is 401. The Hall–Kier alpha value is -2.04. The SMILES string of the molecule is C=CCc1cc(OC)c(O)cc1[N+](=O)[O-]. The second-order valence-electron chi connectivity index (χ2n) is 2.90. The summed E-state index contributed by atoms with van der Waals surface area (Å²) >= 11 is 0. The lowest BCUT2D eigenvalue weighted by Crippen LogP contribution is -1.96. The van der Waals surface area contributed by atoms with Gasteiger partial charge in [0, 0.05) is 5.56 Å². The first-order valence-corrected chi connectivity index (χ1v) is 4.25. The molecule has 0 atom stereocenters. The van der Waals surface area contributed by atoms with Gasteiger partial charge in [-0.3, -0.25) is 10.1 Å². The van der Waals surface area contributed by atoms with Crippen molar-refractivity contribution in [3.05, 3.63) is 40.5 Å². The molecular formula is C10H11NO4. The van der Waals surface area contributed by atoms with Crippen LogP contribution in [0, 0.1) is 10.1 Å². The topological polar surface area (TPSA) is 72.6 Å². The van der Waals surface area contributed by atoms with Crippen LogP contribution in [0.3, 0.4) is 0 Å². The number of nitro groups is 1. The minimum Gasteiger partial charge on any atom is -0.504 e. The molecule has 0 amide bonds. The van der Waals surface area contributed by atoms with Crippen LogP contribution in [-0.2, 0) is 6.42 Å². The van der Waals surface area contributed by atoms with Crippen LogP contribution in [0.1, 0.15) is 5.56 Å². The van der Waals surface area contributed by atoms with Crippen molar-refractivity contribution in [1.82, 2.24) is 0 Å². The van der Waals surface area contributed by atoms with Crippen LogP contribution in [0.25, 0.3) is 0 Å². The highest BCUT2D eigenvalue weighted by Crippen LogP contribution is 2.33. The third kappa shape index (κ3) is 2.25. The van der Waals surface area contributed by atoms with Gasteiger partial charge in [0.2, 0.25) is 0 Å². The Labute approximate surface area is 86.8 Å². The van der Waals surface area contributed by atoms with Crippen molar-refractivity contribution in [3.8, 4) is 11.5 Å². The molecule has 0 aromatic heterocycles. The normalized spacial score (nSPS) is 9.67. The summed E-state index contributed by atoms with van der Waals surface area (Å²) in [5, 5.41) is 20.0. The molecule has 1 aromatic rings. The number of phenols is 1. The Morgan fingerprint density at radius 1 is 1.67 bits per heavy atom. The lowest BCUT2D eigenvalue weighted by atomic mass is 10.1. The molecule has 0 saturated carbocycles. The molecule has 0 aliphatic rings. The van der Waals surface area contributed by atoms with Gasteiger partial charge in [-0.1, -0.05) is 6.08 Å². The predicted octanol–water partition coefficient (Wildman–Crippen LogP) is 2.04. The molecule has 1 aromatic carbocycles. The van der Waals surface area contributed by atoms with E-state index in [1.807, 2.05) is 0 Å². The summed E-state index contributed by atoms with van der Waals surface area (Å²) in [7, 11) is 1.39. The number of allylic oxidation sites excluding steroid dienone is 1. The Balaban J connectivity index is 3.31. The van der Waals surface area contributed by atoms with E-state index < -0.39 is 4.92 Å². The Kier molecular flexibility index (Phi) is 3.28. The maximum atomic E-state index is 10.7. The van der Waals surface area contributed by atoms with Gasteiger partial charge in [0.1, 0.15) is 0 Å². The number of rotatable bonds is 4. The van der Waals surface area contributed by atoms with Gasteiger partial charge < -0.3 is 9.84 Å². The van der Waals surface area contributed by atoms with Gasteiger partial charge in [-0.25, -0.2) is 0 Å². The molecule has 80 valence electrons. The zero-order chi connectivity index (χ0) is 11.4. The minimum absolute atomic E-state index is 0.131. The molecule has 0 unspecified atom stereocenters. The molecule has 0 aliphatic heterocycles. The molecule has 0 saturated heterocycles. The van der Waals surface area contributed by atoms with Gasteiger partial charge in [-0.2, -0.15) is 0 Å². The van der Waals surface area contributed by atoms with Crippen LogP contribution in [0.5, 0.6) is 11.5 Å². The van der Waals surface area contributed by atoms with E-state index in [-0.39, 0.29) is 17.2 Å². The van der Waals surface area contributed by atoms with E-state index in [9.17, 15) is 15.2 Å². The van der Waals surface area contributed by atoms with E-state index in [2.05, 4.69) is 6.58 Å². The summed E-state index contributed by atoms with van der Waals surface area (Å²) in [6.45, 7) is 3.51. The first-order valence-electron chi connectivity index (χ1n) is 4.25. The van der Waals surface area contributed by atoms with E-state index in [1.165, 1.54) is 13.2 Å². The quantitative estimate of drug-likeness (QED) is 0.468. The number of methoxy groups -OCH3 is 1. The van der Waals surface area contributed by atoms with Crippen molar-refractivity contribution >= 4 is 5.69 Å². The average Bonchev–Trinajstić information content (AvgIpc) is 2.20. The molecule has 1 rings (SSSR count). The minimum atomic E-state index is -0.544. The summed E-state index contributed by atoms with van der Waals surface area (Å²) in [6, 6.07) is 2.52. The fourth-order valence-corrected chi connectivity index (χ4v) is 1.25. The lowest BCUT2D eigenvalue weighted by Gasteiger charge is -2.06. The van der Waals surface area contributed by atoms with Gasteiger partial charge in [-0.05, 0) is 12.5 Å². The Morgan fingerprint density at radius 3 is 2.80 bits per heavy atom. The van der Waals surface area contributed by atoms with Crippen LogP contribution in [0.4, 0.5) is 5.69 Å². The average molecular weight is 209 g/mol. The molecule has 0 spiro atoms. The van der Waals surface area contributed by atoms with Crippen LogP contribution in [-0.4, -0.2) is 17.1 Å². The first-order chi connectivity index (χ1) is 7.10. The standard InChI is InChI=1S/C10H11NO4/c1-3-4-7-5-10(15-2)9(12)6-8(7)11(13)14/h3,5-6,12H,1,4H2,2H3. The van der Waals surface area contributed by atoms with Crippen LogP contribution in [0.15, 0.2) is 24.8 Å². The van der Waals surface area contributed by atoms with Crippen molar-refractivity contribution in [2.75, 3.05) is 7.11 Å². The number of benzene rings is 1. The molecule has 0 bridgehead atoms. The van der Waals surface area contributed by atoms with Gasteiger partial charge >= 0.3 is 0 Å². The van der Waals surface area contributed by atoms with Gasteiger partial charge in [-0.15, -0.1) is 6.58 Å². The lowest BCUT2D eigenvalue weighted by molar-refractivity contribution is -0.385. The van der Waals surface area contributed by atoms with Crippen LogP contribution >= 0.6 is 0 Å². The van der Waals surface area contributed by atoms with E-state index in [0.29, 0.717) is 12.0 Å². The molecule has 5 nitrogen and oxygen atoms in total. The second-order valence-corrected chi connectivity index (χ2v) is 2.90. The summed E-state index contributed by atoms with van der Waals surface area (Å²) < 4.78 is 4.86. The molecule has 0 radical (unpaired) electrons. The van der Waals surface area contributed by atoms with Crippen molar-refractivity contribution in [2.24, 2.45) is 0 Å². The highest BCUT2D eigenvalue weighted by molar-refractivity contribution is 5.54. The fraction of sp³-hybridized carbons (Fsp3) is 0.200. The predicted molar refractivity (Wildman–Crippen MR) is 55.2 cm³/mol. The number of hydrogen-bond acceptors (Lipinski definition) is 4. The molecule has 15 heavy (non-hydrogen) atoms. The zero-order valence-corrected chi connectivity index (χ0v) is 8.27. The summed E-state index contributed by atoms with van der Waals surface area (Å²) in [4.78, 5) is 10.1. The Morgan fingerprint density at radius 2 is 2.33 bits per heavy atom. The number of ether oxygens (including phenoxy) is 1. The van der Waals surface area contributed by atoms with E-state index in [1.54, 1.807) is 6.08 Å². The highest BCUT2D eigenvalue weighted by atomic mass is 16.6. The van der Waals surface area contributed by atoms with E-state index in [0.717, 1.165) is 6.07 Å². The van der Waals surface area contributed by atoms with Gasteiger partial charge in [0.25, 0.3) is 5.69 Å². The summed E-state index contributed by atoms with van der Waals surface area (Å²) in [5.74, 6) is -0.0190. The number of nitrogens with zero attached hydrogens (tertiary/aromatic N) is 1. The molecule has 5 heteroatoms. The number of phenolic OH excluding ortho intramolecular Hbond substituents is 1. The zero-order valence-electron chi connectivity index (χ0n) is 8.27. The molecule has 0 heterocycles. The monoisotopic (exact) mass is 209 g/mol. The largest absolute Gasteiger partial charge is 0.504 e. The van der Waals surface area contributed by atoms with Gasteiger partial charge in [0.15, 0.2) is 11.5 Å².